The van der Waals surface area contributed by atoms with Crippen LogP contribution in [-0.4, -0.2) is 6.03 Å². The molecule has 0 atom stereocenters. The Labute approximate surface area is 124 Å². The summed E-state index contributed by atoms with van der Waals surface area (Å²) in [5.74, 6) is 0. The van der Waals surface area contributed by atoms with Crippen molar-refractivity contribution >= 4 is 17.4 Å². The Morgan fingerprint density at radius 1 is 0.857 bits per heavy atom. The van der Waals surface area contributed by atoms with Gasteiger partial charge in [0.15, 0.2) is 0 Å². The molecule has 2 aromatic rings. The lowest BCUT2D eigenvalue weighted by Gasteiger charge is -2.08. The van der Waals surface area contributed by atoms with Gasteiger partial charge in [-0.05, 0) is 49.9 Å². The van der Waals surface area contributed by atoms with E-state index >= 15 is 0 Å². The molecule has 0 unspecified atom stereocenters. The molecule has 0 radical (unpaired) electrons. The average Bonchev–Trinajstić information content (AvgIpc) is 2.42. The fourth-order valence-corrected chi connectivity index (χ4v) is 2.20. The summed E-state index contributed by atoms with van der Waals surface area (Å²) in [7, 11) is 0. The van der Waals surface area contributed by atoms with Crippen molar-refractivity contribution in [3.8, 4) is 0 Å². The van der Waals surface area contributed by atoms with Gasteiger partial charge in [-0.3, -0.25) is 0 Å². The number of nitrogens with one attached hydrogen (secondary N) is 1. The molecule has 0 fully saturated rings. The molecule has 0 aliphatic carbocycles. The zero-order valence-corrected chi connectivity index (χ0v) is 12.8. The van der Waals surface area contributed by atoms with Crippen LogP contribution < -0.4 is 5.32 Å². The van der Waals surface area contributed by atoms with E-state index < -0.39 is 6.03 Å². The van der Waals surface area contributed by atoms with E-state index in [1.54, 1.807) is 0 Å². The van der Waals surface area contributed by atoms with Gasteiger partial charge in [0, 0.05) is 5.69 Å². The first-order valence-corrected chi connectivity index (χ1v) is 6.84. The number of hydrogen-bond donors (Lipinski definition) is 1. The number of para-hydroxylation sites is 1. The lowest BCUT2D eigenvalue weighted by atomic mass is 10.1. The van der Waals surface area contributed by atoms with Gasteiger partial charge in [0.2, 0.25) is 0 Å². The molecule has 4 heteroatoms. The molecule has 1 N–H and O–H groups in total. The highest BCUT2D eigenvalue weighted by Crippen LogP contribution is 2.24. The second-order valence-corrected chi connectivity index (χ2v) is 5.14. The highest BCUT2D eigenvalue weighted by Gasteiger charge is 2.07. The van der Waals surface area contributed by atoms with Crippen LogP contribution in [0.2, 0.25) is 0 Å². The predicted molar refractivity (Wildman–Crippen MR) is 85.4 cm³/mol. The van der Waals surface area contributed by atoms with Crippen LogP contribution in [-0.2, 0) is 0 Å². The average molecular weight is 281 g/mol. The third-order valence-electron chi connectivity index (χ3n) is 3.39. The van der Waals surface area contributed by atoms with Crippen molar-refractivity contribution in [1.82, 2.24) is 0 Å². The van der Waals surface area contributed by atoms with E-state index in [0.29, 0.717) is 0 Å². The normalized spacial score (nSPS) is 10.9. The molecule has 0 aliphatic heterocycles. The first-order valence-electron chi connectivity index (χ1n) is 6.84. The van der Waals surface area contributed by atoms with Crippen molar-refractivity contribution in [2.24, 2.45) is 10.2 Å². The summed E-state index contributed by atoms with van der Waals surface area (Å²) in [6.45, 7) is 7.80. The number of urea groups is 1. The second-order valence-electron chi connectivity index (χ2n) is 5.14. The topological polar surface area (TPSA) is 53.8 Å². The SMILES string of the molecule is Cc1cccc(C)c1N=NC(=O)Nc1c(C)cccc1C. The summed E-state index contributed by atoms with van der Waals surface area (Å²) in [6, 6.07) is 11.3. The summed E-state index contributed by atoms with van der Waals surface area (Å²) in [5, 5.41) is 10.6. The largest absolute Gasteiger partial charge is 0.364 e. The van der Waals surface area contributed by atoms with Crippen LogP contribution in [0.4, 0.5) is 16.2 Å². The molecular weight excluding hydrogens is 262 g/mol. The Balaban J connectivity index is 2.17. The first-order chi connectivity index (χ1) is 9.99. The number of carbonyl (C=O) groups is 1. The zero-order chi connectivity index (χ0) is 15.4. The maximum atomic E-state index is 11.9. The van der Waals surface area contributed by atoms with Crippen LogP contribution in [0, 0.1) is 27.7 Å². The summed E-state index contributed by atoms with van der Waals surface area (Å²) in [4.78, 5) is 11.9. The predicted octanol–water partition coefficient (Wildman–Crippen LogP) is 5.24. The standard InChI is InChI=1S/C17H19N3O/c1-11-7-5-8-12(2)15(11)18-17(21)20-19-16-13(3)9-6-10-14(16)4/h5-10H,1-4H3,(H,18,21). The molecular formula is C17H19N3O. The first kappa shape index (κ1) is 14.9. The van der Waals surface area contributed by atoms with E-state index in [1.807, 2.05) is 64.1 Å². The molecule has 4 nitrogen and oxygen atoms in total. The fraction of sp³-hybridized carbons (Fsp3) is 0.235. The Morgan fingerprint density at radius 3 is 1.86 bits per heavy atom. The number of amides is 2. The fourth-order valence-electron chi connectivity index (χ4n) is 2.20. The van der Waals surface area contributed by atoms with Crippen LogP contribution >= 0.6 is 0 Å². The summed E-state index contributed by atoms with van der Waals surface area (Å²) < 4.78 is 0. The molecule has 0 saturated heterocycles. The smallest absolute Gasteiger partial charge is 0.304 e. The number of carbonyl (C=O) groups excluding carboxylic acids is 1. The Kier molecular flexibility index (Phi) is 4.48. The van der Waals surface area contributed by atoms with Crippen molar-refractivity contribution < 1.29 is 4.79 Å². The highest BCUT2D eigenvalue weighted by molar-refractivity contribution is 5.91. The van der Waals surface area contributed by atoms with Gasteiger partial charge in [-0.1, -0.05) is 41.5 Å². The highest BCUT2D eigenvalue weighted by atomic mass is 16.2. The van der Waals surface area contributed by atoms with Crippen molar-refractivity contribution in [2.45, 2.75) is 27.7 Å². The number of rotatable bonds is 2. The maximum absolute atomic E-state index is 11.9. The minimum Gasteiger partial charge on any atom is -0.304 e. The lowest BCUT2D eigenvalue weighted by Crippen LogP contribution is -2.08. The molecule has 108 valence electrons. The molecule has 2 amide bonds. The van der Waals surface area contributed by atoms with Crippen LogP contribution in [0.3, 0.4) is 0 Å². The lowest BCUT2D eigenvalue weighted by molar-refractivity contribution is 0.258. The van der Waals surface area contributed by atoms with Gasteiger partial charge < -0.3 is 5.32 Å². The Bertz CT molecular complexity index is 665. The molecule has 0 aromatic heterocycles. The Morgan fingerprint density at radius 2 is 1.33 bits per heavy atom. The molecule has 0 bridgehead atoms. The molecule has 2 rings (SSSR count). The van der Waals surface area contributed by atoms with Crippen molar-refractivity contribution in [3.63, 3.8) is 0 Å². The quantitative estimate of drug-likeness (QED) is 0.752. The number of hydrogen-bond acceptors (Lipinski definition) is 2. The van der Waals surface area contributed by atoms with Gasteiger partial charge >= 0.3 is 6.03 Å². The van der Waals surface area contributed by atoms with E-state index in [-0.39, 0.29) is 0 Å². The number of anilines is 1. The summed E-state index contributed by atoms with van der Waals surface area (Å²) >= 11 is 0. The van der Waals surface area contributed by atoms with Crippen LogP contribution in [0.5, 0.6) is 0 Å². The minimum absolute atomic E-state index is 0.463. The molecule has 0 aliphatic rings. The van der Waals surface area contributed by atoms with Crippen molar-refractivity contribution in [2.75, 3.05) is 5.32 Å². The number of benzene rings is 2. The minimum atomic E-state index is -0.463. The van der Waals surface area contributed by atoms with Crippen LogP contribution in [0.1, 0.15) is 22.3 Å². The number of aryl methyl sites for hydroxylation is 4. The number of azo groups is 1. The van der Waals surface area contributed by atoms with Gasteiger partial charge in [0.05, 0.1) is 5.69 Å². The molecule has 0 saturated carbocycles. The third kappa shape index (κ3) is 3.54. The zero-order valence-electron chi connectivity index (χ0n) is 12.8. The van der Waals surface area contributed by atoms with Crippen LogP contribution in [0.15, 0.2) is 46.6 Å². The maximum Gasteiger partial charge on any atom is 0.364 e. The van der Waals surface area contributed by atoms with E-state index in [1.165, 1.54) is 0 Å². The molecule has 2 aromatic carbocycles. The summed E-state index contributed by atoms with van der Waals surface area (Å²) in [6.07, 6.45) is 0. The van der Waals surface area contributed by atoms with E-state index in [4.69, 9.17) is 0 Å². The van der Waals surface area contributed by atoms with Gasteiger partial charge in [-0.2, -0.15) is 0 Å². The van der Waals surface area contributed by atoms with Gasteiger partial charge in [-0.25, -0.2) is 4.79 Å². The van der Waals surface area contributed by atoms with Gasteiger partial charge in [0.1, 0.15) is 0 Å². The Hall–Kier alpha value is -2.49. The summed E-state index contributed by atoms with van der Waals surface area (Å²) in [5.41, 5.74) is 5.55. The molecule has 0 spiro atoms. The van der Waals surface area contributed by atoms with Crippen molar-refractivity contribution in [3.05, 3.63) is 58.7 Å². The van der Waals surface area contributed by atoms with Crippen molar-refractivity contribution in [1.29, 1.82) is 0 Å². The second kappa shape index (κ2) is 6.31. The molecule has 21 heavy (non-hydrogen) atoms. The van der Waals surface area contributed by atoms with E-state index in [0.717, 1.165) is 33.6 Å². The van der Waals surface area contributed by atoms with E-state index in [2.05, 4.69) is 15.5 Å². The molecule has 0 heterocycles. The third-order valence-corrected chi connectivity index (χ3v) is 3.39. The van der Waals surface area contributed by atoms with Gasteiger partial charge in [-0.15, -0.1) is 5.11 Å². The van der Waals surface area contributed by atoms with Crippen LogP contribution in [0.25, 0.3) is 0 Å². The van der Waals surface area contributed by atoms with E-state index in [9.17, 15) is 4.79 Å². The van der Waals surface area contributed by atoms with Gasteiger partial charge in [0.25, 0.3) is 0 Å². The number of nitrogens with zero attached hydrogens (tertiary/aromatic N) is 2. The monoisotopic (exact) mass is 281 g/mol.